The Bertz CT molecular complexity index is 302. The average Bonchev–Trinajstić information content (AvgIpc) is 2.72. The van der Waals surface area contributed by atoms with Crippen molar-refractivity contribution in [3.8, 4) is 0 Å². The van der Waals surface area contributed by atoms with Crippen molar-refractivity contribution in [1.29, 1.82) is 0 Å². The second-order valence-electron chi connectivity index (χ2n) is 4.35. The van der Waals surface area contributed by atoms with Crippen LogP contribution in [0.15, 0.2) is 4.42 Å². The highest BCUT2D eigenvalue weighted by molar-refractivity contribution is 4.84. The average molecular weight is 241 g/mol. The lowest BCUT2D eigenvalue weighted by Gasteiger charge is -2.05. The summed E-state index contributed by atoms with van der Waals surface area (Å²) in [5.74, 6) is 1.83. The molecular formula is C12H23N3O2. The lowest BCUT2D eigenvalue weighted by atomic mass is 10.1. The number of hydrogen-bond acceptors (Lipinski definition) is 5. The Morgan fingerprint density at radius 2 is 2.06 bits per heavy atom. The molecule has 98 valence electrons. The van der Waals surface area contributed by atoms with E-state index in [1.165, 1.54) is 0 Å². The van der Waals surface area contributed by atoms with Gasteiger partial charge >= 0.3 is 0 Å². The molecule has 17 heavy (non-hydrogen) atoms. The van der Waals surface area contributed by atoms with Gasteiger partial charge < -0.3 is 14.5 Å². The van der Waals surface area contributed by atoms with Crippen molar-refractivity contribution >= 4 is 0 Å². The van der Waals surface area contributed by atoms with Gasteiger partial charge in [-0.15, -0.1) is 10.2 Å². The fourth-order valence-corrected chi connectivity index (χ4v) is 1.61. The van der Waals surface area contributed by atoms with Crippen LogP contribution in [0.4, 0.5) is 0 Å². The van der Waals surface area contributed by atoms with Crippen LogP contribution in [-0.4, -0.2) is 37.0 Å². The standard InChI is InChI=1S/C12H23N3O2/c1-4-6-13-7-5-11-14-15-12(17-11)8-10(2)9-16-3/h10,13H,4-9H2,1-3H3. The van der Waals surface area contributed by atoms with Crippen molar-refractivity contribution in [1.82, 2.24) is 15.5 Å². The van der Waals surface area contributed by atoms with Crippen molar-refractivity contribution in [2.24, 2.45) is 5.92 Å². The van der Waals surface area contributed by atoms with Gasteiger partial charge in [0.15, 0.2) is 0 Å². The third kappa shape index (κ3) is 5.79. The number of ether oxygens (including phenoxy) is 1. The van der Waals surface area contributed by atoms with Crippen LogP contribution in [0.3, 0.4) is 0 Å². The normalized spacial score (nSPS) is 12.9. The highest BCUT2D eigenvalue weighted by Crippen LogP contribution is 2.08. The minimum absolute atomic E-state index is 0.409. The number of nitrogens with one attached hydrogen (secondary N) is 1. The summed E-state index contributed by atoms with van der Waals surface area (Å²) in [4.78, 5) is 0. The summed E-state index contributed by atoms with van der Waals surface area (Å²) in [5, 5.41) is 11.4. The van der Waals surface area contributed by atoms with Crippen LogP contribution in [-0.2, 0) is 17.6 Å². The number of aromatic nitrogens is 2. The van der Waals surface area contributed by atoms with E-state index in [-0.39, 0.29) is 0 Å². The fraction of sp³-hybridized carbons (Fsp3) is 0.833. The molecule has 0 aliphatic carbocycles. The first-order chi connectivity index (χ1) is 8.26. The van der Waals surface area contributed by atoms with Crippen LogP contribution >= 0.6 is 0 Å². The van der Waals surface area contributed by atoms with Gasteiger partial charge in [0.2, 0.25) is 11.8 Å². The molecule has 0 bridgehead atoms. The van der Waals surface area contributed by atoms with E-state index in [1.54, 1.807) is 7.11 Å². The van der Waals surface area contributed by atoms with E-state index in [0.29, 0.717) is 17.7 Å². The van der Waals surface area contributed by atoms with Crippen LogP contribution in [0.25, 0.3) is 0 Å². The topological polar surface area (TPSA) is 60.2 Å². The molecule has 1 unspecified atom stereocenters. The molecule has 1 aromatic heterocycles. The monoisotopic (exact) mass is 241 g/mol. The Morgan fingerprint density at radius 3 is 2.76 bits per heavy atom. The van der Waals surface area contributed by atoms with E-state index in [2.05, 4.69) is 29.4 Å². The first-order valence-electron chi connectivity index (χ1n) is 6.27. The summed E-state index contributed by atoms with van der Waals surface area (Å²) in [6, 6.07) is 0. The minimum Gasteiger partial charge on any atom is -0.425 e. The third-order valence-electron chi connectivity index (χ3n) is 2.43. The van der Waals surface area contributed by atoms with Gasteiger partial charge in [0.25, 0.3) is 0 Å². The molecule has 0 spiro atoms. The van der Waals surface area contributed by atoms with Gasteiger partial charge in [-0.3, -0.25) is 0 Å². The summed E-state index contributed by atoms with van der Waals surface area (Å²) < 4.78 is 10.6. The molecule has 1 heterocycles. The van der Waals surface area contributed by atoms with Crippen molar-refractivity contribution in [2.45, 2.75) is 33.1 Å². The zero-order valence-electron chi connectivity index (χ0n) is 11.0. The SMILES string of the molecule is CCCNCCc1nnc(CC(C)COC)o1. The van der Waals surface area contributed by atoms with Crippen molar-refractivity contribution in [3.63, 3.8) is 0 Å². The summed E-state index contributed by atoms with van der Waals surface area (Å²) in [5.41, 5.74) is 0. The maximum absolute atomic E-state index is 5.56. The summed E-state index contributed by atoms with van der Waals surface area (Å²) in [6.07, 6.45) is 2.72. The zero-order valence-corrected chi connectivity index (χ0v) is 11.0. The number of nitrogens with zero attached hydrogens (tertiary/aromatic N) is 2. The first-order valence-corrected chi connectivity index (χ1v) is 6.27. The molecule has 0 radical (unpaired) electrons. The second-order valence-corrected chi connectivity index (χ2v) is 4.35. The van der Waals surface area contributed by atoms with Crippen molar-refractivity contribution < 1.29 is 9.15 Å². The van der Waals surface area contributed by atoms with Gasteiger partial charge in [0.1, 0.15) is 0 Å². The minimum atomic E-state index is 0.409. The van der Waals surface area contributed by atoms with Gasteiger partial charge in [0.05, 0.1) is 0 Å². The zero-order chi connectivity index (χ0) is 12.5. The quantitative estimate of drug-likeness (QED) is 0.663. The van der Waals surface area contributed by atoms with Crippen LogP contribution in [0, 0.1) is 5.92 Å². The maximum Gasteiger partial charge on any atom is 0.217 e. The molecule has 0 saturated carbocycles. The molecule has 0 aliphatic heterocycles. The van der Waals surface area contributed by atoms with Crippen molar-refractivity contribution in [3.05, 3.63) is 11.8 Å². The molecule has 0 fully saturated rings. The molecule has 0 aliphatic rings. The Kier molecular flexibility index (Phi) is 6.81. The lowest BCUT2D eigenvalue weighted by Crippen LogP contribution is -2.17. The Morgan fingerprint density at radius 1 is 1.29 bits per heavy atom. The fourth-order valence-electron chi connectivity index (χ4n) is 1.61. The molecule has 5 nitrogen and oxygen atoms in total. The number of hydrogen-bond donors (Lipinski definition) is 1. The van der Waals surface area contributed by atoms with Gasteiger partial charge in [0, 0.05) is 33.1 Å². The van der Waals surface area contributed by atoms with E-state index in [0.717, 1.165) is 39.0 Å². The lowest BCUT2D eigenvalue weighted by molar-refractivity contribution is 0.156. The van der Waals surface area contributed by atoms with Crippen LogP contribution in [0.1, 0.15) is 32.0 Å². The number of rotatable bonds is 9. The van der Waals surface area contributed by atoms with Gasteiger partial charge in [-0.2, -0.15) is 0 Å². The highest BCUT2D eigenvalue weighted by Gasteiger charge is 2.10. The predicted molar refractivity (Wildman–Crippen MR) is 65.9 cm³/mol. The van der Waals surface area contributed by atoms with Crippen LogP contribution in [0.2, 0.25) is 0 Å². The summed E-state index contributed by atoms with van der Waals surface area (Å²) in [7, 11) is 1.70. The third-order valence-corrected chi connectivity index (χ3v) is 2.43. The molecule has 0 aromatic carbocycles. The largest absolute Gasteiger partial charge is 0.425 e. The van der Waals surface area contributed by atoms with E-state index >= 15 is 0 Å². The molecule has 1 rings (SSSR count). The summed E-state index contributed by atoms with van der Waals surface area (Å²) in [6.45, 7) is 6.90. The van der Waals surface area contributed by atoms with Crippen LogP contribution in [0.5, 0.6) is 0 Å². The molecule has 5 heteroatoms. The van der Waals surface area contributed by atoms with Crippen molar-refractivity contribution in [2.75, 3.05) is 26.8 Å². The smallest absolute Gasteiger partial charge is 0.217 e. The summed E-state index contributed by atoms with van der Waals surface area (Å²) >= 11 is 0. The van der Waals surface area contributed by atoms with E-state index in [4.69, 9.17) is 9.15 Å². The van der Waals surface area contributed by atoms with E-state index < -0.39 is 0 Å². The maximum atomic E-state index is 5.56. The van der Waals surface area contributed by atoms with Gasteiger partial charge in [-0.25, -0.2) is 0 Å². The van der Waals surface area contributed by atoms with Gasteiger partial charge in [-0.05, 0) is 18.9 Å². The van der Waals surface area contributed by atoms with Crippen LogP contribution < -0.4 is 5.32 Å². The van der Waals surface area contributed by atoms with Gasteiger partial charge in [-0.1, -0.05) is 13.8 Å². The van der Waals surface area contributed by atoms with E-state index in [1.807, 2.05) is 0 Å². The molecule has 0 amide bonds. The Labute approximate surface area is 103 Å². The highest BCUT2D eigenvalue weighted by atomic mass is 16.5. The molecule has 1 aromatic rings. The Balaban J connectivity index is 2.27. The first kappa shape index (κ1) is 14.1. The molecule has 1 atom stereocenters. The second kappa shape index (κ2) is 8.20. The number of methoxy groups -OCH3 is 1. The Hall–Kier alpha value is -0.940. The predicted octanol–water partition coefficient (Wildman–Crippen LogP) is 1.44. The molecule has 0 saturated heterocycles. The molecular weight excluding hydrogens is 218 g/mol. The van der Waals surface area contributed by atoms with E-state index in [9.17, 15) is 0 Å². The molecule has 1 N–H and O–H groups in total.